The number of nitrogens with zero attached hydrogens (tertiary/aromatic N) is 2. The molecule has 0 unspecified atom stereocenters. The van der Waals surface area contributed by atoms with E-state index >= 15 is 0 Å². The summed E-state index contributed by atoms with van der Waals surface area (Å²) in [6, 6.07) is 3.95. The topological polar surface area (TPSA) is 51.0 Å². The molecular formula is C16H23N3O. The second-order valence-corrected chi connectivity index (χ2v) is 6.03. The third-order valence-corrected chi connectivity index (χ3v) is 3.15. The van der Waals surface area contributed by atoms with Crippen LogP contribution in [0.5, 0.6) is 0 Å². The predicted molar refractivity (Wildman–Crippen MR) is 82.0 cm³/mol. The summed E-state index contributed by atoms with van der Waals surface area (Å²) in [5.41, 5.74) is 1.97. The highest BCUT2D eigenvalue weighted by Gasteiger charge is 2.19. The van der Waals surface area contributed by atoms with Crippen molar-refractivity contribution in [1.29, 1.82) is 0 Å². The lowest BCUT2D eigenvalue weighted by Crippen LogP contribution is -2.16. The van der Waals surface area contributed by atoms with Crippen LogP contribution in [-0.4, -0.2) is 16.5 Å². The SMILES string of the molecule is CCCNc1cc(C(C)(C)C)nc(-c2ccoc2C)n1. The van der Waals surface area contributed by atoms with Gasteiger partial charge >= 0.3 is 0 Å². The summed E-state index contributed by atoms with van der Waals surface area (Å²) in [6.07, 6.45) is 2.74. The summed E-state index contributed by atoms with van der Waals surface area (Å²) in [6.45, 7) is 11.5. The third-order valence-electron chi connectivity index (χ3n) is 3.15. The molecule has 0 aliphatic rings. The summed E-state index contributed by atoms with van der Waals surface area (Å²) < 4.78 is 5.36. The number of anilines is 1. The molecule has 0 amide bonds. The molecule has 0 radical (unpaired) electrons. The number of nitrogens with one attached hydrogen (secondary N) is 1. The van der Waals surface area contributed by atoms with E-state index in [0.29, 0.717) is 0 Å². The first-order valence-electron chi connectivity index (χ1n) is 7.09. The van der Waals surface area contributed by atoms with Gasteiger partial charge < -0.3 is 9.73 Å². The van der Waals surface area contributed by atoms with Gasteiger partial charge in [-0.15, -0.1) is 0 Å². The minimum absolute atomic E-state index is 0.0159. The molecule has 2 rings (SSSR count). The van der Waals surface area contributed by atoms with Crippen molar-refractivity contribution in [3.05, 3.63) is 29.9 Å². The molecule has 0 saturated heterocycles. The maximum Gasteiger partial charge on any atom is 0.165 e. The maximum absolute atomic E-state index is 5.36. The van der Waals surface area contributed by atoms with Gasteiger partial charge in [0.25, 0.3) is 0 Å². The van der Waals surface area contributed by atoms with E-state index in [1.165, 1.54) is 0 Å². The molecule has 1 N–H and O–H groups in total. The lowest BCUT2D eigenvalue weighted by Gasteiger charge is -2.19. The molecular weight excluding hydrogens is 250 g/mol. The van der Waals surface area contributed by atoms with E-state index in [0.717, 1.165) is 41.6 Å². The van der Waals surface area contributed by atoms with Gasteiger partial charge in [-0.05, 0) is 19.4 Å². The van der Waals surface area contributed by atoms with E-state index < -0.39 is 0 Å². The first kappa shape index (κ1) is 14.6. The van der Waals surface area contributed by atoms with Crippen LogP contribution in [0.1, 0.15) is 45.6 Å². The van der Waals surface area contributed by atoms with Gasteiger partial charge in [0.15, 0.2) is 5.82 Å². The lowest BCUT2D eigenvalue weighted by molar-refractivity contribution is 0.534. The van der Waals surface area contributed by atoms with Gasteiger partial charge in [-0.25, -0.2) is 9.97 Å². The minimum Gasteiger partial charge on any atom is -0.469 e. The van der Waals surface area contributed by atoms with E-state index in [4.69, 9.17) is 9.40 Å². The monoisotopic (exact) mass is 273 g/mol. The maximum atomic E-state index is 5.36. The molecule has 0 bridgehead atoms. The van der Waals surface area contributed by atoms with Crippen LogP contribution in [0.15, 0.2) is 22.8 Å². The number of hydrogen-bond donors (Lipinski definition) is 1. The summed E-state index contributed by atoms with van der Waals surface area (Å²) in [5, 5.41) is 3.35. The van der Waals surface area contributed by atoms with E-state index in [1.54, 1.807) is 6.26 Å². The zero-order valence-electron chi connectivity index (χ0n) is 12.9. The fourth-order valence-electron chi connectivity index (χ4n) is 1.91. The molecule has 0 atom stereocenters. The zero-order valence-corrected chi connectivity index (χ0v) is 12.9. The van der Waals surface area contributed by atoms with Gasteiger partial charge in [0, 0.05) is 18.0 Å². The van der Waals surface area contributed by atoms with Crippen molar-refractivity contribution in [2.45, 2.75) is 46.5 Å². The molecule has 0 aliphatic carbocycles. The fourth-order valence-corrected chi connectivity index (χ4v) is 1.91. The molecule has 4 nitrogen and oxygen atoms in total. The second-order valence-electron chi connectivity index (χ2n) is 6.03. The van der Waals surface area contributed by atoms with Crippen molar-refractivity contribution in [2.75, 3.05) is 11.9 Å². The Morgan fingerprint density at radius 1 is 1.25 bits per heavy atom. The highest BCUT2D eigenvalue weighted by Crippen LogP contribution is 2.27. The summed E-state index contributed by atoms with van der Waals surface area (Å²) in [4.78, 5) is 9.31. The molecule has 108 valence electrons. The normalized spacial score (nSPS) is 11.7. The molecule has 2 heterocycles. The Bertz CT molecular complexity index is 582. The molecule has 2 aromatic heterocycles. The molecule has 0 fully saturated rings. The Morgan fingerprint density at radius 2 is 2.00 bits per heavy atom. The van der Waals surface area contributed by atoms with Gasteiger partial charge in [0.2, 0.25) is 0 Å². The van der Waals surface area contributed by atoms with Gasteiger partial charge in [0.1, 0.15) is 11.6 Å². The average Bonchev–Trinajstić information content (AvgIpc) is 2.81. The Hall–Kier alpha value is -1.84. The molecule has 0 aromatic carbocycles. The highest BCUT2D eigenvalue weighted by atomic mass is 16.3. The van der Waals surface area contributed by atoms with Gasteiger partial charge in [0.05, 0.1) is 17.5 Å². The van der Waals surface area contributed by atoms with Crippen LogP contribution in [0.25, 0.3) is 11.4 Å². The van der Waals surface area contributed by atoms with E-state index in [2.05, 4.69) is 38.0 Å². The largest absolute Gasteiger partial charge is 0.469 e. The number of hydrogen-bond acceptors (Lipinski definition) is 4. The molecule has 0 aliphatic heterocycles. The molecule has 0 saturated carbocycles. The van der Waals surface area contributed by atoms with Crippen molar-refractivity contribution >= 4 is 5.82 Å². The first-order valence-corrected chi connectivity index (χ1v) is 7.09. The van der Waals surface area contributed by atoms with Gasteiger partial charge in [-0.3, -0.25) is 0 Å². The fraction of sp³-hybridized carbons (Fsp3) is 0.500. The minimum atomic E-state index is -0.0159. The predicted octanol–water partition coefficient (Wildman–Crippen LogP) is 4.16. The number of rotatable bonds is 4. The van der Waals surface area contributed by atoms with Crippen LogP contribution in [0.3, 0.4) is 0 Å². The zero-order chi connectivity index (χ0) is 14.8. The highest BCUT2D eigenvalue weighted by molar-refractivity contribution is 5.59. The van der Waals surface area contributed by atoms with Crippen LogP contribution in [0.2, 0.25) is 0 Å². The van der Waals surface area contributed by atoms with Crippen molar-refractivity contribution in [1.82, 2.24) is 9.97 Å². The van der Waals surface area contributed by atoms with E-state index in [-0.39, 0.29) is 5.41 Å². The molecule has 4 heteroatoms. The van der Waals surface area contributed by atoms with Crippen molar-refractivity contribution in [3.8, 4) is 11.4 Å². The quantitative estimate of drug-likeness (QED) is 0.908. The van der Waals surface area contributed by atoms with Crippen LogP contribution >= 0.6 is 0 Å². The van der Waals surface area contributed by atoms with Crippen molar-refractivity contribution in [2.24, 2.45) is 0 Å². The summed E-state index contributed by atoms with van der Waals surface area (Å²) in [5.74, 6) is 2.45. The second kappa shape index (κ2) is 5.65. The van der Waals surface area contributed by atoms with Crippen LogP contribution < -0.4 is 5.32 Å². The molecule has 0 spiro atoms. The van der Waals surface area contributed by atoms with E-state index in [9.17, 15) is 0 Å². The number of furan rings is 1. The van der Waals surface area contributed by atoms with Crippen LogP contribution in [0, 0.1) is 6.92 Å². The first-order chi connectivity index (χ1) is 9.41. The third kappa shape index (κ3) is 3.18. The Morgan fingerprint density at radius 3 is 2.55 bits per heavy atom. The number of aromatic nitrogens is 2. The van der Waals surface area contributed by atoms with Crippen molar-refractivity contribution < 1.29 is 4.42 Å². The summed E-state index contributed by atoms with van der Waals surface area (Å²) >= 11 is 0. The van der Waals surface area contributed by atoms with E-state index in [1.807, 2.05) is 19.1 Å². The van der Waals surface area contributed by atoms with Crippen LogP contribution in [0.4, 0.5) is 5.82 Å². The van der Waals surface area contributed by atoms with Gasteiger partial charge in [-0.2, -0.15) is 0 Å². The Kier molecular flexibility index (Phi) is 4.12. The van der Waals surface area contributed by atoms with Crippen LogP contribution in [-0.2, 0) is 5.41 Å². The lowest BCUT2D eigenvalue weighted by atomic mass is 9.91. The molecule has 20 heavy (non-hydrogen) atoms. The standard InChI is InChI=1S/C16H23N3O/c1-6-8-17-14-10-13(16(3,4)5)18-15(19-14)12-7-9-20-11(12)2/h7,9-10H,6,8H2,1-5H3,(H,17,18,19). The smallest absolute Gasteiger partial charge is 0.165 e. The average molecular weight is 273 g/mol. The summed E-state index contributed by atoms with van der Waals surface area (Å²) in [7, 11) is 0. The Balaban J connectivity index is 2.48. The van der Waals surface area contributed by atoms with Gasteiger partial charge in [-0.1, -0.05) is 27.7 Å². The Labute approximate surface area is 120 Å². The van der Waals surface area contributed by atoms with Crippen molar-refractivity contribution in [3.63, 3.8) is 0 Å². The number of aryl methyl sites for hydroxylation is 1. The molecule has 2 aromatic rings.